The van der Waals surface area contributed by atoms with Gasteiger partial charge in [-0.25, -0.2) is 4.39 Å². The van der Waals surface area contributed by atoms with Crippen LogP contribution in [0.3, 0.4) is 0 Å². The van der Waals surface area contributed by atoms with Gasteiger partial charge in [0.05, 0.1) is 0 Å². The Hall–Kier alpha value is -3.67. The number of nitrogens with one attached hydrogen (secondary N) is 1. The number of halogens is 1. The van der Waals surface area contributed by atoms with Crippen LogP contribution in [-0.4, -0.2) is 35.9 Å². The molecule has 0 aromatic heterocycles. The summed E-state index contributed by atoms with van der Waals surface area (Å²) in [5, 5.41) is 2.91. The lowest BCUT2D eigenvalue weighted by Crippen LogP contribution is -2.52. The van der Waals surface area contributed by atoms with Gasteiger partial charge in [0.1, 0.15) is 17.6 Å². The molecule has 0 saturated heterocycles. The Labute approximate surface area is 206 Å². The van der Waals surface area contributed by atoms with Crippen molar-refractivity contribution in [1.82, 2.24) is 10.2 Å². The third kappa shape index (κ3) is 7.15. The summed E-state index contributed by atoms with van der Waals surface area (Å²) in [6.45, 7) is 6.06. The van der Waals surface area contributed by atoms with Gasteiger partial charge in [-0.2, -0.15) is 0 Å². The highest BCUT2D eigenvalue weighted by molar-refractivity contribution is 5.88. The fourth-order valence-electron chi connectivity index (χ4n) is 3.83. The van der Waals surface area contributed by atoms with Gasteiger partial charge < -0.3 is 15.0 Å². The van der Waals surface area contributed by atoms with E-state index in [1.165, 1.54) is 11.0 Å². The molecule has 184 valence electrons. The number of hydrogen-bond acceptors (Lipinski definition) is 3. The van der Waals surface area contributed by atoms with E-state index in [9.17, 15) is 14.0 Å². The molecule has 0 aliphatic rings. The second kappa shape index (κ2) is 12.7. The Morgan fingerprint density at radius 2 is 1.69 bits per heavy atom. The van der Waals surface area contributed by atoms with E-state index in [1.807, 2.05) is 69.3 Å². The molecule has 3 rings (SSSR count). The Bertz CT molecular complexity index is 1130. The Morgan fingerprint density at radius 3 is 2.40 bits per heavy atom. The molecule has 0 bridgehead atoms. The summed E-state index contributed by atoms with van der Waals surface area (Å²) in [4.78, 5) is 28.2. The number of nitrogens with zero attached hydrogens (tertiary/aromatic N) is 1. The van der Waals surface area contributed by atoms with E-state index in [2.05, 4.69) is 5.32 Å². The zero-order valence-corrected chi connectivity index (χ0v) is 20.6. The molecule has 3 aromatic carbocycles. The van der Waals surface area contributed by atoms with E-state index < -0.39 is 11.9 Å². The summed E-state index contributed by atoms with van der Waals surface area (Å²) < 4.78 is 20.5. The first-order valence-corrected chi connectivity index (χ1v) is 11.9. The highest BCUT2D eigenvalue weighted by atomic mass is 19.1. The molecule has 5 nitrogen and oxygen atoms in total. The number of aryl methyl sites for hydroxylation is 1. The van der Waals surface area contributed by atoms with Crippen molar-refractivity contribution < 1.29 is 18.7 Å². The van der Waals surface area contributed by atoms with Crippen molar-refractivity contribution in [2.75, 3.05) is 13.2 Å². The average molecular weight is 477 g/mol. The zero-order chi connectivity index (χ0) is 25.2. The first-order chi connectivity index (χ1) is 16.9. The largest absolute Gasteiger partial charge is 0.483 e. The molecule has 0 fully saturated rings. The summed E-state index contributed by atoms with van der Waals surface area (Å²) in [5.74, 6) is -0.471. The van der Waals surface area contributed by atoms with Crippen molar-refractivity contribution in [3.63, 3.8) is 0 Å². The zero-order valence-electron chi connectivity index (χ0n) is 20.6. The molecule has 0 spiro atoms. The van der Waals surface area contributed by atoms with Gasteiger partial charge >= 0.3 is 0 Å². The highest BCUT2D eigenvalue weighted by Gasteiger charge is 2.31. The lowest BCUT2D eigenvalue weighted by Gasteiger charge is -2.31. The van der Waals surface area contributed by atoms with Crippen molar-refractivity contribution in [3.8, 4) is 5.75 Å². The van der Waals surface area contributed by atoms with Crippen LogP contribution in [0.25, 0.3) is 0 Å². The summed E-state index contributed by atoms with van der Waals surface area (Å²) in [6.07, 6.45) is 1.07. The van der Waals surface area contributed by atoms with Crippen molar-refractivity contribution >= 4 is 11.8 Å². The standard InChI is InChI=1S/C29H33FN2O3/c1-4-17-31-29(34)26(18-23-12-6-5-7-13-23)32(19-24-14-8-9-15-25(24)30)28(33)20-35-27-16-10-11-21(2)22(27)3/h5-16,26H,4,17-20H2,1-3H3,(H,31,34)/t26-/m1/s1. The predicted octanol–water partition coefficient (Wildman–Crippen LogP) is 4.99. The number of rotatable bonds is 11. The van der Waals surface area contributed by atoms with Crippen LogP contribution in [0.4, 0.5) is 4.39 Å². The van der Waals surface area contributed by atoms with Crippen LogP contribution in [0, 0.1) is 19.7 Å². The molecule has 1 atom stereocenters. The average Bonchev–Trinajstić information content (AvgIpc) is 2.87. The second-order valence-corrected chi connectivity index (χ2v) is 8.60. The van der Waals surface area contributed by atoms with Gasteiger partial charge in [0.15, 0.2) is 6.61 Å². The molecule has 0 unspecified atom stereocenters. The monoisotopic (exact) mass is 476 g/mol. The number of carbonyl (C=O) groups is 2. The van der Waals surface area contributed by atoms with Gasteiger partial charge in [0.2, 0.25) is 5.91 Å². The van der Waals surface area contributed by atoms with Gasteiger partial charge in [-0.3, -0.25) is 9.59 Å². The van der Waals surface area contributed by atoms with Crippen molar-refractivity contribution in [2.24, 2.45) is 0 Å². The topological polar surface area (TPSA) is 58.6 Å². The molecule has 1 N–H and O–H groups in total. The molecule has 0 aliphatic heterocycles. The first kappa shape index (κ1) is 25.9. The van der Waals surface area contributed by atoms with Crippen molar-refractivity contribution in [3.05, 3.63) is 101 Å². The van der Waals surface area contributed by atoms with Crippen LogP contribution in [0.15, 0.2) is 72.8 Å². The van der Waals surface area contributed by atoms with Crippen LogP contribution in [0.1, 0.15) is 35.6 Å². The lowest BCUT2D eigenvalue weighted by atomic mass is 10.0. The number of hydrogen-bond donors (Lipinski definition) is 1. The van der Waals surface area contributed by atoms with Crippen LogP contribution < -0.4 is 10.1 Å². The normalized spacial score (nSPS) is 11.5. The Kier molecular flexibility index (Phi) is 9.41. The molecule has 2 amide bonds. The summed E-state index contributed by atoms with van der Waals surface area (Å²) in [5.41, 5.74) is 3.25. The van der Waals surface area contributed by atoms with Gasteiger partial charge in [-0.05, 0) is 49.1 Å². The fraction of sp³-hybridized carbons (Fsp3) is 0.310. The molecule has 0 aliphatic carbocycles. The second-order valence-electron chi connectivity index (χ2n) is 8.60. The lowest BCUT2D eigenvalue weighted by molar-refractivity contribution is -0.142. The number of amides is 2. The van der Waals surface area contributed by atoms with Gasteiger partial charge in [-0.1, -0.05) is 67.6 Å². The van der Waals surface area contributed by atoms with Gasteiger partial charge in [-0.15, -0.1) is 0 Å². The summed E-state index contributed by atoms with van der Waals surface area (Å²) >= 11 is 0. The first-order valence-electron chi connectivity index (χ1n) is 11.9. The highest BCUT2D eigenvalue weighted by Crippen LogP contribution is 2.22. The van der Waals surface area contributed by atoms with Crippen molar-refractivity contribution in [1.29, 1.82) is 0 Å². The van der Waals surface area contributed by atoms with E-state index in [-0.39, 0.29) is 25.0 Å². The molecule has 3 aromatic rings. The van der Waals surface area contributed by atoms with Crippen molar-refractivity contribution in [2.45, 2.75) is 46.2 Å². The SMILES string of the molecule is CCCNC(=O)[C@@H](Cc1ccccc1)N(Cc1ccccc1F)C(=O)COc1cccc(C)c1C. The third-order valence-electron chi connectivity index (χ3n) is 6.02. The van der Waals surface area contributed by atoms with Gasteiger partial charge in [0, 0.05) is 25.1 Å². The maximum Gasteiger partial charge on any atom is 0.261 e. The molecule has 0 radical (unpaired) electrons. The smallest absolute Gasteiger partial charge is 0.261 e. The fourth-order valence-corrected chi connectivity index (χ4v) is 3.83. The molecular formula is C29H33FN2O3. The number of ether oxygens (including phenoxy) is 1. The molecule has 0 saturated carbocycles. The van der Waals surface area contributed by atoms with E-state index in [0.29, 0.717) is 24.3 Å². The van der Waals surface area contributed by atoms with Crippen LogP contribution in [0.2, 0.25) is 0 Å². The molecular weight excluding hydrogens is 443 g/mol. The minimum atomic E-state index is -0.821. The number of carbonyl (C=O) groups excluding carboxylic acids is 2. The third-order valence-corrected chi connectivity index (χ3v) is 6.02. The maximum atomic E-state index is 14.6. The molecule has 0 heterocycles. The van der Waals surface area contributed by atoms with E-state index in [0.717, 1.165) is 23.1 Å². The van der Waals surface area contributed by atoms with Gasteiger partial charge in [0.25, 0.3) is 5.91 Å². The van der Waals surface area contributed by atoms with Crippen LogP contribution >= 0.6 is 0 Å². The summed E-state index contributed by atoms with van der Waals surface area (Å²) in [7, 11) is 0. The minimum absolute atomic E-state index is 0.0429. The maximum absolute atomic E-state index is 14.6. The minimum Gasteiger partial charge on any atom is -0.483 e. The molecule has 6 heteroatoms. The quantitative estimate of drug-likeness (QED) is 0.424. The van der Waals surface area contributed by atoms with Crippen LogP contribution in [0.5, 0.6) is 5.75 Å². The predicted molar refractivity (Wildman–Crippen MR) is 136 cm³/mol. The van der Waals surface area contributed by atoms with E-state index in [4.69, 9.17) is 4.74 Å². The van der Waals surface area contributed by atoms with E-state index >= 15 is 0 Å². The Morgan fingerprint density at radius 1 is 0.971 bits per heavy atom. The number of benzene rings is 3. The summed E-state index contributed by atoms with van der Waals surface area (Å²) in [6, 6.07) is 20.7. The van der Waals surface area contributed by atoms with E-state index in [1.54, 1.807) is 18.2 Å². The molecule has 35 heavy (non-hydrogen) atoms. The van der Waals surface area contributed by atoms with Crippen LogP contribution in [-0.2, 0) is 22.6 Å². The Balaban J connectivity index is 1.92.